The number of rotatable bonds is 3. The summed E-state index contributed by atoms with van der Waals surface area (Å²) in [4.78, 5) is 0. The highest BCUT2D eigenvalue weighted by Gasteiger charge is 2.46. The third kappa shape index (κ3) is 4.10. The van der Waals surface area contributed by atoms with Crippen molar-refractivity contribution in [1.82, 2.24) is 0 Å². The van der Waals surface area contributed by atoms with Crippen LogP contribution in [0, 0.1) is 16.6 Å². The number of anilines is 1. The van der Waals surface area contributed by atoms with Crippen LogP contribution >= 0.6 is 11.6 Å². The minimum atomic E-state index is -0.327. The number of hydrogen-bond acceptors (Lipinski definition) is 2. The van der Waals surface area contributed by atoms with Crippen LogP contribution < -0.4 is 11.1 Å². The Bertz CT molecular complexity index is 489. The second-order valence-electron chi connectivity index (χ2n) is 8.13. The van der Waals surface area contributed by atoms with Crippen LogP contribution in [0.2, 0.25) is 5.02 Å². The molecule has 2 nitrogen and oxygen atoms in total. The first-order valence-electron chi connectivity index (χ1n) is 7.49. The van der Waals surface area contributed by atoms with Crippen LogP contribution in [-0.4, -0.2) is 12.1 Å². The lowest BCUT2D eigenvalue weighted by Gasteiger charge is -2.52. The summed E-state index contributed by atoms with van der Waals surface area (Å²) >= 11 is 5.96. The zero-order valence-corrected chi connectivity index (χ0v) is 14.1. The van der Waals surface area contributed by atoms with Crippen LogP contribution in [0.1, 0.15) is 47.0 Å². The maximum Gasteiger partial charge on any atom is 0.126 e. The molecule has 1 aliphatic rings. The molecule has 2 rings (SSSR count). The zero-order valence-electron chi connectivity index (χ0n) is 13.4. The highest BCUT2D eigenvalue weighted by atomic mass is 35.5. The SMILES string of the molecule is CC1(C)CC(C)(C)CC(CN)(Nc2cc(F)cc(Cl)c2)C1. The largest absolute Gasteiger partial charge is 0.378 e. The smallest absolute Gasteiger partial charge is 0.126 e. The van der Waals surface area contributed by atoms with E-state index in [4.69, 9.17) is 17.3 Å². The van der Waals surface area contributed by atoms with Crippen molar-refractivity contribution in [3.8, 4) is 0 Å². The molecule has 0 bridgehead atoms. The van der Waals surface area contributed by atoms with Gasteiger partial charge >= 0.3 is 0 Å². The summed E-state index contributed by atoms with van der Waals surface area (Å²) in [5, 5.41) is 3.89. The van der Waals surface area contributed by atoms with Gasteiger partial charge in [0, 0.05) is 17.3 Å². The molecule has 0 atom stereocenters. The van der Waals surface area contributed by atoms with Gasteiger partial charge in [-0.1, -0.05) is 39.3 Å². The number of nitrogens with one attached hydrogen (secondary N) is 1. The van der Waals surface area contributed by atoms with Gasteiger partial charge in [0.1, 0.15) is 5.82 Å². The molecule has 3 N–H and O–H groups in total. The fourth-order valence-corrected chi connectivity index (χ4v) is 4.75. The Morgan fingerprint density at radius 2 is 1.67 bits per heavy atom. The van der Waals surface area contributed by atoms with Crippen molar-refractivity contribution in [2.45, 2.75) is 52.5 Å². The molecule has 0 aromatic heterocycles. The highest BCUT2D eigenvalue weighted by molar-refractivity contribution is 6.30. The van der Waals surface area contributed by atoms with Crippen molar-refractivity contribution in [2.75, 3.05) is 11.9 Å². The molecule has 0 unspecified atom stereocenters. The molecule has 0 heterocycles. The molecule has 4 heteroatoms. The van der Waals surface area contributed by atoms with Gasteiger partial charge in [-0.2, -0.15) is 0 Å². The molecule has 0 radical (unpaired) electrons. The monoisotopic (exact) mass is 312 g/mol. The summed E-state index contributed by atoms with van der Waals surface area (Å²) in [6.45, 7) is 9.63. The highest BCUT2D eigenvalue weighted by Crippen LogP contribution is 2.50. The number of nitrogens with two attached hydrogens (primary N) is 1. The molecule has 0 spiro atoms. The van der Waals surface area contributed by atoms with Crippen molar-refractivity contribution in [3.63, 3.8) is 0 Å². The minimum absolute atomic E-state index is 0.200. The molecular weight excluding hydrogens is 287 g/mol. The molecule has 0 aliphatic heterocycles. The molecule has 1 aliphatic carbocycles. The van der Waals surface area contributed by atoms with E-state index < -0.39 is 0 Å². The Morgan fingerprint density at radius 1 is 1.10 bits per heavy atom. The molecule has 1 aromatic rings. The number of benzene rings is 1. The van der Waals surface area contributed by atoms with E-state index in [1.165, 1.54) is 12.1 Å². The maximum absolute atomic E-state index is 13.6. The normalized spacial score (nSPS) is 22.8. The molecule has 1 fully saturated rings. The standard InChI is InChI=1S/C17H26ClFN2/c1-15(2)8-16(3,4)10-17(9-15,11-20)21-14-6-12(18)5-13(19)7-14/h5-7,21H,8-11,20H2,1-4H3. The van der Waals surface area contributed by atoms with Crippen LogP contribution in [0.4, 0.5) is 10.1 Å². The second kappa shape index (κ2) is 5.44. The summed E-state index contributed by atoms with van der Waals surface area (Å²) in [5.74, 6) is -0.327. The predicted molar refractivity (Wildman–Crippen MR) is 88.2 cm³/mol. The van der Waals surface area contributed by atoms with Crippen molar-refractivity contribution >= 4 is 17.3 Å². The van der Waals surface area contributed by atoms with Crippen molar-refractivity contribution in [1.29, 1.82) is 0 Å². The Hall–Kier alpha value is -0.800. The number of hydrogen-bond donors (Lipinski definition) is 2. The molecule has 0 saturated heterocycles. The lowest BCUT2D eigenvalue weighted by Crippen LogP contribution is -2.55. The Morgan fingerprint density at radius 3 is 2.14 bits per heavy atom. The topological polar surface area (TPSA) is 38.0 Å². The van der Waals surface area contributed by atoms with Gasteiger partial charge in [0.25, 0.3) is 0 Å². The summed E-state index contributed by atoms with van der Waals surface area (Å²) in [6, 6.07) is 4.56. The van der Waals surface area contributed by atoms with Crippen LogP contribution in [-0.2, 0) is 0 Å². The summed E-state index contributed by atoms with van der Waals surface area (Å²) < 4.78 is 13.6. The van der Waals surface area contributed by atoms with Gasteiger partial charge in [0.05, 0.1) is 5.54 Å². The summed E-state index contributed by atoms with van der Waals surface area (Å²) in [7, 11) is 0. The fourth-order valence-electron chi connectivity index (χ4n) is 4.53. The number of halogens is 2. The quantitative estimate of drug-likeness (QED) is 0.839. The molecule has 1 aromatic carbocycles. The van der Waals surface area contributed by atoms with Gasteiger partial charge in [-0.05, 0) is 48.3 Å². The van der Waals surface area contributed by atoms with Crippen molar-refractivity contribution in [3.05, 3.63) is 29.0 Å². The summed E-state index contributed by atoms with van der Waals surface area (Å²) in [6.07, 6.45) is 3.09. The molecule has 1 saturated carbocycles. The zero-order chi connectivity index (χ0) is 15.9. The molecule has 118 valence electrons. The van der Waals surface area contributed by atoms with E-state index in [9.17, 15) is 4.39 Å². The first-order chi connectivity index (χ1) is 9.55. The van der Waals surface area contributed by atoms with Crippen LogP contribution in [0.15, 0.2) is 18.2 Å². The average Bonchev–Trinajstić information content (AvgIpc) is 2.22. The van der Waals surface area contributed by atoms with Gasteiger partial charge in [-0.25, -0.2) is 4.39 Å². The lowest BCUT2D eigenvalue weighted by atomic mass is 9.58. The van der Waals surface area contributed by atoms with E-state index in [0.717, 1.165) is 19.3 Å². The van der Waals surface area contributed by atoms with Crippen molar-refractivity contribution < 1.29 is 4.39 Å². The average molecular weight is 313 g/mol. The fraction of sp³-hybridized carbons (Fsp3) is 0.647. The molecule has 21 heavy (non-hydrogen) atoms. The van der Waals surface area contributed by atoms with Crippen LogP contribution in [0.5, 0.6) is 0 Å². The minimum Gasteiger partial charge on any atom is -0.378 e. The first kappa shape index (κ1) is 16.6. The van der Waals surface area contributed by atoms with Gasteiger partial charge in [0.2, 0.25) is 0 Å². The van der Waals surface area contributed by atoms with Crippen LogP contribution in [0.3, 0.4) is 0 Å². The Kier molecular flexibility index (Phi) is 4.29. The first-order valence-corrected chi connectivity index (χ1v) is 7.87. The van der Waals surface area contributed by atoms with E-state index in [1.807, 2.05) is 0 Å². The molecular formula is C17H26ClFN2. The second-order valence-corrected chi connectivity index (χ2v) is 8.56. The van der Waals surface area contributed by atoms with E-state index in [2.05, 4.69) is 33.0 Å². The van der Waals surface area contributed by atoms with Gasteiger partial charge in [0.15, 0.2) is 0 Å². The van der Waals surface area contributed by atoms with E-state index in [-0.39, 0.29) is 22.2 Å². The van der Waals surface area contributed by atoms with Gasteiger partial charge in [-0.15, -0.1) is 0 Å². The third-order valence-electron chi connectivity index (χ3n) is 4.25. The van der Waals surface area contributed by atoms with Crippen molar-refractivity contribution in [2.24, 2.45) is 16.6 Å². The Balaban J connectivity index is 2.32. The van der Waals surface area contributed by atoms with E-state index in [1.54, 1.807) is 6.07 Å². The lowest BCUT2D eigenvalue weighted by molar-refractivity contribution is 0.0623. The van der Waals surface area contributed by atoms with Gasteiger partial charge < -0.3 is 11.1 Å². The predicted octanol–water partition coefficient (Wildman–Crippen LogP) is 4.82. The third-order valence-corrected chi connectivity index (χ3v) is 4.47. The van der Waals surface area contributed by atoms with Gasteiger partial charge in [-0.3, -0.25) is 0 Å². The Labute approximate surface area is 132 Å². The van der Waals surface area contributed by atoms with E-state index in [0.29, 0.717) is 17.3 Å². The van der Waals surface area contributed by atoms with E-state index >= 15 is 0 Å². The van der Waals surface area contributed by atoms with Crippen LogP contribution in [0.25, 0.3) is 0 Å². The maximum atomic E-state index is 13.6. The summed E-state index contributed by atoms with van der Waals surface area (Å²) in [5.41, 5.74) is 7.00. The molecule has 0 amide bonds.